The molecule has 0 spiro atoms. The van der Waals surface area contributed by atoms with E-state index in [2.05, 4.69) is 16.0 Å². The number of amides is 1. The summed E-state index contributed by atoms with van der Waals surface area (Å²) in [5.41, 5.74) is 1.88. The molecule has 5 heteroatoms. The Morgan fingerprint density at radius 2 is 1.90 bits per heavy atom. The Morgan fingerprint density at radius 3 is 2.55 bits per heavy atom. The summed E-state index contributed by atoms with van der Waals surface area (Å²) in [6.45, 7) is 3.33. The number of nitrogens with one attached hydrogen (secondary N) is 3. The maximum absolute atomic E-state index is 11.4. The molecule has 0 aliphatic carbocycles. The van der Waals surface area contributed by atoms with Crippen LogP contribution in [0, 0.1) is 5.92 Å². The van der Waals surface area contributed by atoms with Crippen molar-refractivity contribution in [1.29, 1.82) is 0 Å². The zero-order chi connectivity index (χ0) is 14.2. The minimum Gasteiger partial charge on any atom is -0.385 e. The Hall–Kier alpha value is -1.59. The monoisotopic (exact) mass is 277 g/mol. The number of benzene rings is 1. The fourth-order valence-corrected chi connectivity index (χ4v) is 2.35. The van der Waals surface area contributed by atoms with Crippen LogP contribution in [0.3, 0.4) is 0 Å². The predicted octanol–water partition coefficient (Wildman–Crippen LogP) is 1.68. The summed E-state index contributed by atoms with van der Waals surface area (Å²) in [7, 11) is 1.51. The SMILES string of the molecule is COCC(=O)Nc1ccc(NCC2CCNCC2)cc1. The van der Waals surface area contributed by atoms with Crippen LogP contribution in [0.15, 0.2) is 24.3 Å². The molecule has 3 N–H and O–H groups in total. The number of anilines is 2. The number of piperidine rings is 1. The average Bonchev–Trinajstić information content (AvgIpc) is 2.48. The highest BCUT2D eigenvalue weighted by Crippen LogP contribution is 2.16. The van der Waals surface area contributed by atoms with Crippen LogP contribution in [0.4, 0.5) is 11.4 Å². The first-order valence-corrected chi connectivity index (χ1v) is 7.11. The fraction of sp³-hybridized carbons (Fsp3) is 0.533. The molecular formula is C15H23N3O2. The number of methoxy groups -OCH3 is 1. The van der Waals surface area contributed by atoms with E-state index in [-0.39, 0.29) is 12.5 Å². The Kier molecular flexibility index (Phi) is 5.83. The van der Waals surface area contributed by atoms with Crippen LogP contribution >= 0.6 is 0 Å². The quantitative estimate of drug-likeness (QED) is 0.740. The van der Waals surface area contributed by atoms with E-state index >= 15 is 0 Å². The van der Waals surface area contributed by atoms with E-state index < -0.39 is 0 Å². The lowest BCUT2D eigenvalue weighted by atomic mass is 9.98. The van der Waals surface area contributed by atoms with Crippen molar-refractivity contribution in [2.24, 2.45) is 5.92 Å². The van der Waals surface area contributed by atoms with Crippen LogP contribution in [-0.2, 0) is 9.53 Å². The molecular weight excluding hydrogens is 254 g/mol. The highest BCUT2D eigenvalue weighted by Gasteiger charge is 2.12. The molecule has 1 saturated heterocycles. The van der Waals surface area contributed by atoms with Crippen molar-refractivity contribution in [2.45, 2.75) is 12.8 Å². The zero-order valence-electron chi connectivity index (χ0n) is 11.9. The molecule has 5 nitrogen and oxygen atoms in total. The maximum Gasteiger partial charge on any atom is 0.250 e. The predicted molar refractivity (Wildman–Crippen MR) is 81.0 cm³/mol. The van der Waals surface area contributed by atoms with E-state index in [4.69, 9.17) is 4.74 Å². The van der Waals surface area contributed by atoms with Crippen LogP contribution < -0.4 is 16.0 Å². The van der Waals surface area contributed by atoms with E-state index in [0.717, 1.165) is 36.9 Å². The summed E-state index contributed by atoms with van der Waals surface area (Å²) < 4.78 is 4.78. The van der Waals surface area contributed by atoms with Crippen molar-refractivity contribution in [2.75, 3.05) is 44.0 Å². The highest BCUT2D eigenvalue weighted by molar-refractivity contribution is 5.91. The molecule has 1 heterocycles. The summed E-state index contributed by atoms with van der Waals surface area (Å²) in [5, 5.41) is 9.60. The Morgan fingerprint density at radius 1 is 1.25 bits per heavy atom. The number of hydrogen-bond donors (Lipinski definition) is 3. The second-order valence-electron chi connectivity index (χ2n) is 5.13. The molecule has 0 radical (unpaired) electrons. The van der Waals surface area contributed by atoms with E-state index in [9.17, 15) is 4.79 Å². The zero-order valence-corrected chi connectivity index (χ0v) is 11.9. The normalized spacial score (nSPS) is 15.8. The van der Waals surface area contributed by atoms with Crippen LogP contribution in [0.1, 0.15) is 12.8 Å². The van der Waals surface area contributed by atoms with Gasteiger partial charge in [0.05, 0.1) is 0 Å². The lowest BCUT2D eigenvalue weighted by Crippen LogP contribution is -2.31. The number of carbonyl (C=O) groups excluding carboxylic acids is 1. The van der Waals surface area contributed by atoms with Crippen molar-refractivity contribution in [3.63, 3.8) is 0 Å². The van der Waals surface area contributed by atoms with Gasteiger partial charge in [-0.05, 0) is 56.1 Å². The second kappa shape index (κ2) is 7.87. The van der Waals surface area contributed by atoms with Crippen molar-refractivity contribution in [3.05, 3.63) is 24.3 Å². The lowest BCUT2D eigenvalue weighted by Gasteiger charge is -2.23. The molecule has 1 aromatic rings. The van der Waals surface area contributed by atoms with Crippen LogP contribution in [-0.4, -0.2) is 39.3 Å². The van der Waals surface area contributed by atoms with Gasteiger partial charge in [-0.15, -0.1) is 0 Å². The second-order valence-corrected chi connectivity index (χ2v) is 5.13. The molecule has 20 heavy (non-hydrogen) atoms. The summed E-state index contributed by atoms with van der Waals surface area (Å²) in [4.78, 5) is 11.4. The van der Waals surface area contributed by atoms with Crippen molar-refractivity contribution in [1.82, 2.24) is 5.32 Å². The van der Waals surface area contributed by atoms with E-state index in [1.807, 2.05) is 24.3 Å². The Labute approximate surface area is 120 Å². The summed E-state index contributed by atoms with van der Waals surface area (Å²) in [6.07, 6.45) is 2.47. The third kappa shape index (κ3) is 4.83. The molecule has 2 rings (SSSR count). The van der Waals surface area contributed by atoms with Gasteiger partial charge in [0.1, 0.15) is 6.61 Å². The van der Waals surface area contributed by atoms with Gasteiger partial charge in [0.25, 0.3) is 0 Å². The van der Waals surface area contributed by atoms with Gasteiger partial charge in [0, 0.05) is 25.0 Å². The first kappa shape index (κ1) is 14.8. The van der Waals surface area contributed by atoms with Gasteiger partial charge in [-0.1, -0.05) is 0 Å². The Bertz CT molecular complexity index is 414. The topological polar surface area (TPSA) is 62.4 Å². The number of rotatable bonds is 6. The van der Waals surface area contributed by atoms with Crippen molar-refractivity contribution < 1.29 is 9.53 Å². The van der Waals surface area contributed by atoms with E-state index in [0.29, 0.717) is 0 Å². The van der Waals surface area contributed by atoms with E-state index in [1.165, 1.54) is 20.0 Å². The molecule has 1 aliphatic heterocycles. The van der Waals surface area contributed by atoms with Gasteiger partial charge in [-0.25, -0.2) is 0 Å². The molecule has 1 amide bonds. The van der Waals surface area contributed by atoms with Crippen LogP contribution in [0.5, 0.6) is 0 Å². The van der Waals surface area contributed by atoms with Gasteiger partial charge in [0.2, 0.25) is 5.91 Å². The molecule has 110 valence electrons. The maximum atomic E-state index is 11.4. The van der Waals surface area contributed by atoms with Gasteiger partial charge < -0.3 is 20.7 Å². The lowest BCUT2D eigenvalue weighted by molar-refractivity contribution is -0.119. The largest absolute Gasteiger partial charge is 0.385 e. The van der Waals surface area contributed by atoms with Gasteiger partial charge in [0.15, 0.2) is 0 Å². The third-order valence-electron chi connectivity index (χ3n) is 3.50. The molecule has 1 aliphatic rings. The number of carbonyl (C=O) groups is 1. The number of ether oxygens (including phenoxy) is 1. The number of hydrogen-bond acceptors (Lipinski definition) is 4. The van der Waals surface area contributed by atoms with Crippen LogP contribution in [0.2, 0.25) is 0 Å². The van der Waals surface area contributed by atoms with Crippen LogP contribution in [0.25, 0.3) is 0 Å². The molecule has 0 aromatic heterocycles. The summed E-state index contributed by atoms with van der Waals surface area (Å²) in [5.74, 6) is 0.611. The first-order valence-electron chi connectivity index (χ1n) is 7.11. The minimum absolute atomic E-state index is 0.0791. The standard InChI is InChI=1S/C15H23N3O2/c1-20-11-15(19)18-14-4-2-13(3-5-14)17-10-12-6-8-16-9-7-12/h2-5,12,16-17H,6-11H2,1H3,(H,18,19). The van der Waals surface area contributed by atoms with Crippen molar-refractivity contribution in [3.8, 4) is 0 Å². The summed E-state index contributed by atoms with van der Waals surface area (Å²) >= 11 is 0. The third-order valence-corrected chi connectivity index (χ3v) is 3.50. The van der Waals surface area contributed by atoms with Crippen molar-refractivity contribution >= 4 is 17.3 Å². The molecule has 1 aromatic carbocycles. The van der Waals surface area contributed by atoms with Gasteiger partial charge in [-0.3, -0.25) is 4.79 Å². The Balaban J connectivity index is 1.77. The minimum atomic E-state index is -0.136. The first-order chi connectivity index (χ1) is 9.78. The van der Waals surface area contributed by atoms with Gasteiger partial charge >= 0.3 is 0 Å². The molecule has 0 saturated carbocycles. The van der Waals surface area contributed by atoms with Gasteiger partial charge in [-0.2, -0.15) is 0 Å². The average molecular weight is 277 g/mol. The smallest absolute Gasteiger partial charge is 0.250 e. The molecule has 0 atom stereocenters. The van der Waals surface area contributed by atoms with E-state index in [1.54, 1.807) is 0 Å². The molecule has 1 fully saturated rings. The molecule has 0 unspecified atom stereocenters. The molecule has 0 bridgehead atoms. The highest BCUT2D eigenvalue weighted by atomic mass is 16.5. The fourth-order valence-electron chi connectivity index (χ4n) is 2.35. The summed E-state index contributed by atoms with van der Waals surface area (Å²) in [6, 6.07) is 7.78.